The lowest BCUT2D eigenvalue weighted by Crippen LogP contribution is -2.01. The number of fused-ring (bicyclic) bond motifs is 7. The Morgan fingerprint density at radius 1 is 0.485 bits per heavy atom. The minimum atomic E-state index is 0.346. The highest BCUT2D eigenvalue weighted by molar-refractivity contribution is 6.18. The number of hydrogen-bond acceptors (Lipinski definition) is 2. The van der Waals surface area contributed by atoms with E-state index in [9.17, 15) is 0 Å². The van der Waals surface area contributed by atoms with Gasteiger partial charge in [0, 0.05) is 50.1 Å². The molecule has 0 spiro atoms. The number of benzene rings is 8. The molecule has 12 rings (SSSR count). The lowest BCUT2D eigenvalue weighted by molar-refractivity contribution is 0.838. The summed E-state index contributed by atoms with van der Waals surface area (Å²) in [7, 11) is 0. The quantitative estimate of drug-likeness (QED) is 0.165. The molecule has 1 N–H and O–H groups in total. The first-order valence-electron chi connectivity index (χ1n) is 24.0. The summed E-state index contributed by atoms with van der Waals surface area (Å²) >= 11 is 0. The number of aryl methyl sites for hydroxylation is 3. The van der Waals surface area contributed by atoms with Gasteiger partial charge in [-0.1, -0.05) is 142 Å². The maximum atomic E-state index is 5.65. The standard InChI is InChI=1S/C63H53N5/c1-37(2)45-21-15-22-46(38(3)4)59(45)43-34-52(58-40(6)32-39(5)33-41(58)7)60-50-30-29-42(35-55(50)68(56(60)36-43)57-28-13-14-31-64-57)47-23-17-27-54-62(47)66-63(67(54)44-18-9-8-10-19-44)51-25-16-24-49-48-20-11-12-26-53(48)65-61(49)51/h8-38,65H,1-7H3. The third-order valence-electron chi connectivity index (χ3n) is 14.1. The summed E-state index contributed by atoms with van der Waals surface area (Å²) in [5.74, 6) is 2.47. The van der Waals surface area contributed by atoms with Crippen molar-refractivity contribution in [3.63, 3.8) is 0 Å². The van der Waals surface area contributed by atoms with E-state index in [1.807, 2.05) is 12.3 Å². The van der Waals surface area contributed by atoms with Crippen molar-refractivity contribution in [2.45, 2.75) is 60.3 Å². The molecule has 5 heteroatoms. The van der Waals surface area contributed by atoms with Crippen LogP contribution in [0.1, 0.15) is 67.3 Å². The highest BCUT2D eigenvalue weighted by atomic mass is 15.1. The molecule has 0 aliphatic heterocycles. The number of H-pyrrole nitrogens is 1. The zero-order chi connectivity index (χ0) is 46.4. The minimum Gasteiger partial charge on any atom is -0.354 e. The molecule has 0 unspecified atom stereocenters. The van der Waals surface area contributed by atoms with E-state index < -0.39 is 0 Å². The van der Waals surface area contributed by atoms with Crippen LogP contribution in [0.4, 0.5) is 0 Å². The Balaban J connectivity index is 1.17. The number of aromatic amines is 1. The molecule has 12 aromatic rings. The van der Waals surface area contributed by atoms with Gasteiger partial charge in [-0.3, -0.25) is 9.13 Å². The van der Waals surface area contributed by atoms with Crippen LogP contribution < -0.4 is 0 Å². The molecule has 0 bridgehead atoms. The summed E-state index contributed by atoms with van der Waals surface area (Å²) in [5, 5.41) is 4.80. The summed E-state index contributed by atoms with van der Waals surface area (Å²) in [4.78, 5) is 14.5. The Labute approximate surface area is 397 Å². The smallest absolute Gasteiger partial charge is 0.147 e. The van der Waals surface area contributed by atoms with Crippen LogP contribution in [-0.2, 0) is 0 Å². The van der Waals surface area contributed by atoms with Crippen molar-refractivity contribution in [1.29, 1.82) is 0 Å². The second-order valence-corrected chi connectivity index (χ2v) is 19.2. The Hall–Kier alpha value is -8.02. The van der Waals surface area contributed by atoms with Gasteiger partial charge in [-0.15, -0.1) is 0 Å². The number of nitrogens with zero attached hydrogens (tertiary/aromatic N) is 4. The van der Waals surface area contributed by atoms with Crippen LogP contribution >= 0.6 is 0 Å². The largest absolute Gasteiger partial charge is 0.354 e. The first-order valence-corrected chi connectivity index (χ1v) is 24.0. The van der Waals surface area contributed by atoms with E-state index in [1.165, 1.54) is 71.6 Å². The summed E-state index contributed by atoms with van der Waals surface area (Å²) in [5.41, 5.74) is 22.3. The van der Waals surface area contributed by atoms with Gasteiger partial charge >= 0.3 is 0 Å². The van der Waals surface area contributed by atoms with Crippen molar-refractivity contribution >= 4 is 54.6 Å². The van der Waals surface area contributed by atoms with Gasteiger partial charge in [-0.25, -0.2) is 9.97 Å². The first kappa shape index (κ1) is 41.4. The molecule has 0 aliphatic carbocycles. The molecule has 0 aliphatic rings. The number of hydrogen-bond donors (Lipinski definition) is 1. The number of aromatic nitrogens is 5. The van der Waals surface area contributed by atoms with E-state index in [0.29, 0.717) is 11.8 Å². The average Bonchev–Trinajstić information content (AvgIpc) is 4.03. The maximum Gasteiger partial charge on any atom is 0.147 e. The molecule has 0 saturated carbocycles. The van der Waals surface area contributed by atoms with E-state index in [2.05, 4.69) is 226 Å². The summed E-state index contributed by atoms with van der Waals surface area (Å²) in [6.07, 6.45) is 1.91. The molecular formula is C63H53N5. The van der Waals surface area contributed by atoms with Crippen LogP contribution in [-0.4, -0.2) is 24.1 Å². The fourth-order valence-corrected chi connectivity index (χ4v) is 11.3. The topological polar surface area (TPSA) is 51.4 Å². The van der Waals surface area contributed by atoms with E-state index in [1.54, 1.807) is 0 Å². The van der Waals surface area contributed by atoms with Crippen molar-refractivity contribution in [1.82, 2.24) is 24.1 Å². The molecule has 4 heterocycles. The first-order chi connectivity index (χ1) is 33.1. The van der Waals surface area contributed by atoms with Gasteiger partial charge in [-0.05, 0) is 143 Å². The average molecular weight is 880 g/mol. The second-order valence-electron chi connectivity index (χ2n) is 19.2. The Morgan fingerprint density at radius 2 is 1.16 bits per heavy atom. The number of pyridine rings is 1. The van der Waals surface area contributed by atoms with Crippen molar-refractivity contribution in [2.75, 3.05) is 0 Å². The lowest BCUT2D eigenvalue weighted by Gasteiger charge is -2.22. The van der Waals surface area contributed by atoms with Crippen LogP contribution in [0, 0.1) is 20.8 Å². The third-order valence-corrected chi connectivity index (χ3v) is 14.1. The summed E-state index contributed by atoms with van der Waals surface area (Å²) < 4.78 is 4.72. The molecule has 330 valence electrons. The Bertz CT molecular complexity index is 3890. The molecule has 0 atom stereocenters. The van der Waals surface area contributed by atoms with Gasteiger partial charge in [-0.2, -0.15) is 0 Å². The number of imidazole rings is 1. The fourth-order valence-electron chi connectivity index (χ4n) is 11.3. The Kier molecular flexibility index (Phi) is 9.80. The molecule has 5 nitrogen and oxygen atoms in total. The monoisotopic (exact) mass is 879 g/mol. The molecule has 0 radical (unpaired) electrons. The van der Waals surface area contributed by atoms with Gasteiger partial charge in [0.1, 0.15) is 11.6 Å². The zero-order valence-corrected chi connectivity index (χ0v) is 39.7. The van der Waals surface area contributed by atoms with E-state index >= 15 is 0 Å². The normalized spacial score (nSPS) is 12.0. The molecule has 68 heavy (non-hydrogen) atoms. The van der Waals surface area contributed by atoms with Crippen molar-refractivity contribution in [2.24, 2.45) is 0 Å². The number of para-hydroxylation sites is 4. The maximum absolute atomic E-state index is 5.65. The van der Waals surface area contributed by atoms with Gasteiger partial charge in [0.15, 0.2) is 0 Å². The van der Waals surface area contributed by atoms with Gasteiger partial charge in [0.2, 0.25) is 0 Å². The predicted octanol–water partition coefficient (Wildman–Crippen LogP) is 17.0. The highest BCUT2D eigenvalue weighted by Gasteiger charge is 2.25. The molecule has 0 amide bonds. The van der Waals surface area contributed by atoms with Gasteiger partial charge < -0.3 is 4.98 Å². The zero-order valence-electron chi connectivity index (χ0n) is 39.7. The summed E-state index contributed by atoms with van der Waals surface area (Å²) in [6.45, 7) is 16.0. The van der Waals surface area contributed by atoms with E-state index in [0.717, 1.165) is 67.1 Å². The molecule has 8 aromatic carbocycles. The van der Waals surface area contributed by atoms with Gasteiger partial charge in [0.05, 0.1) is 27.6 Å². The molecular weight excluding hydrogens is 827 g/mol. The third kappa shape index (κ3) is 6.52. The predicted molar refractivity (Wildman–Crippen MR) is 287 cm³/mol. The van der Waals surface area contributed by atoms with Crippen LogP contribution in [0.25, 0.3) is 111 Å². The second kappa shape index (κ2) is 16.1. The number of rotatable bonds is 8. The lowest BCUT2D eigenvalue weighted by atomic mass is 9.82. The van der Waals surface area contributed by atoms with E-state index in [4.69, 9.17) is 9.97 Å². The molecule has 4 aromatic heterocycles. The van der Waals surface area contributed by atoms with Crippen LogP contribution in [0.15, 0.2) is 176 Å². The molecule has 0 saturated heterocycles. The molecule has 0 fully saturated rings. The van der Waals surface area contributed by atoms with Gasteiger partial charge in [0.25, 0.3) is 0 Å². The van der Waals surface area contributed by atoms with Crippen LogP contribution in [0.5, 0.6) is 0 Å². The summed E-state index contributed by atoms with van der Waals surface area (Å²) in [6, 6.07) is 62.1. The van der Waals surface area contributed by atoms with Crippen LogP contribution in [0.3, 0.4) is 0 Å². The minimum absolute atomic E-state index is 0.346. The van der Waals surface area contributed by atoms with Crippen molar-refractivity contribution in [3.8, 4) is 56.3 Å². The fraction of sp³-hybridized carbons (Fsp3) is 0.143. The Morgan fingerprint density at radius 3 is 1.91 bits per heavy atom. The van der Waals surface area contributed by atoms with E-state index in [-0.39, 0.29) is 0 Å². The van der Waals surface area contributed by atoms with Crippen molar-refractivity contribution in [3.05, 3.63) is 204 Å². The highest BCUT2D eigenvalue weighted by Crippen LogP contribution is 2.47. The number of nitrogens with one attached hydrogen (secondary N) is 1. The van der Waals surface area contributed by atoms with Crippen LogP contribution in [0.2, 0.25) is 0 Å². The SMILES string of the molecule is Cc1cc(C)c(-c2cc(-c3c(C(C)C)cccc3C(C)C)cc3c2c2ccc(-c4cccc5c4nc(-c4cccc6c4[nH]c4ccccc46)n5-c4ccccc4)cc2n3-c2ccccn2)c(C)c1. The van der Waals surface area contributed by atoms with Crippen molar-refractivity contribution < 1.29 is 0 Å².